The van der Waals surface area contributed by atoms with Crippen LogP contribution in [0.2, 0.25) is 0 Å². The quantitative estimate of drug-likeness (QED) is 0.530. The van der Waals surface area contributed by atoms with Gasteiger partial charge in [-0.15, -0.1) is 0 Å². The Morgan fingerprint density at radius 3 is 2.80 bits per heavy atom. The molecule has 1 saturated carbocycles. The monoisotopic (exact) mass is 141 g/mol. The first kappa shape index (κ1) is 7.73. The van der Waals surface area contributed by atoms with Crippen molar-refractivity contribution in [2.75, 3.05) is 20.1 Å². The lowest BCUT2D eigenvalue weighted by atomic mass is 10.3. The highest BCUT2D eigenvalue weighted by Crippen LogP contribution is 2.32. The second-order valence-electron chi connectivity index (χ2n) is 3.16. The average molecular weight is 141 g/mol. The molecule has 0 atom stereocenters. The normalized spacial score (nSPS) is 17.8. The van der Waals surface area contributed by atoms with Gasteiger partial charge in [0.15, 0.2) is 0 Å². The van der Waals surface area contributed by atoms with Gasteiger partial charge >= 0.3 is 0 Å². The third-order valence-corrected chi connectivity index (χ3v) is 2.00. The lowest BCUT2D eigenvalue weighted by molar-refractivity contribution is -0.108. The van der Waals surface area contributed by atoms with Crippen molar-refractivity contribution in [2.24, 2.45) is 5.92 Å². The zero-order valence-corrected chi connectivity index (χ0v) is 6.55. The lowest BCUT2D eigenvalue weighted by Crippen LogP contribution is -2.21. The highest BCUT2D eigenvalue weighted by Gasteiger charge is 2.20. The fraction of sp³-hybridized carbons (Fsp3) is 0.875. The average Bonchev–Trinajstić information content (AvgIpc) is 2.67. The van der Waals surface area contributed by atoms with E-state index < -0.39 is 0 Å². The molecule has 1 rings (SSSR count). The Balaban J connectivity index is 1.93. The fourth-order valence-corrected chi connectivity index (χ4v) is 1.03. The smallest absolute Gasteiger partial charge is 0.133 e. The molecule has 0 N–H and O–H groups in total. The van der Waals surface area contributed by atoms with Gasteiger partial charge in [-0.2, -0.15) is 0 Å². The molecule has 0 unspecified atom stereocenters. The van der Waals surface area contributed by atoms with E-state index in [1.807, 2.05) is 7.05 Å². The summed E-state index contributed by atoms with van der Waals surface area (Å²) in [7, 11) is 2.00. The van der Waals surface area contributed by atoms with Crippen molar-refractivity contribution in [1.29, 1.82) is 0 Å². The van der Waals surface area contributed by atoms with Crippen LogP contribution in [0.5, 0.6) is 0 Å². The molecule has 0 amide bonds. The molecular formula is C8H15NO. The number of aldehydes is 1. The van der Waals surface area contributed by atoms with E-state index in [1.165, 1.54) is 19.3 Å². The maximum Gasteiger partial charge on any atom is 0.133 e. The van der Waals surface area contributed by atoms with Crippen LogP contribution in [0.1, 0.15) is 19.3 Å². The largest absolute Gasteiger partial charge is 0.302 e. The topological polar surface area (TPSA) is 20.3 Å². The molecule has 1 fully saturated rings. The van der Waals surface area contributed by atoms with Gasteiger partial charge in [0.05, 0.1) is 6.54 Å². The van der Waals surface area contributed by atoms with E-state index in [1.54, 1.807) is 0 Å². The number of hydrogen-bond acceptors (Lipinski definition) is 2. The second-order valence-corrected chi connectivity index (χ2v) is 3.16. The first-order valence-electron chi connectivity index (χ1n) is 3.95. The fourth-order valence-electron chi connectivity index (χ4n) is 1.03. The van der Waals surface area contributed by atoms with Crippen LogP contribution in [0, 0.1) is 5.92 Å². The van der Waals surface area contributed by atoms with Gasteiger partial charge in [0.2, 0.25) is 0 Å². The van der Waals surface area contributed by atoms with E-state index in [0.29, 0.717) is 6.54 Å². The second kappa shape index (κ2) is 3.71. The summed E-state index contributed by atoms with van der Waals surface area (Å²) in [5.74, 6) is 0.981. The van der Waals surface area contributed by atoms with Crippen molar-refractivity contribution < 1.29 is 4.79 Å². The van der Waals surface area contributed by atoms with Crippen molar-refractivity contribution in [1.82, 2.24) is 4.90 Å². The molecule has 0 bridgehead atoms. The van der Waals surface area contributed by atoms with Gasteiger partial charge < -0.3 is 4.79 Å². The summed E-state index contributed by atoms with van der Waals surface area (Å²) < 4.78 is 0. The Kier molecular flexibility index (Phi) is 2.87. The summed E-state index contributed by atoms with van der Waals surface area (Å²) in [6, 6.07) is 0. The van der Waals surface area contributed by atoms with Crippen molar-refractivity contribution in [2.45, 2.75) is 19.3 Å². The van der Waals surface area contributed by atoms with Crippen molar-refractivity contribution >= 4 is 6.29 Å². The summed E-state index contributed by atoms with van der Waals surface area (Å²) in [6.07, 6.45) is 5.07. The minimum absolute atomic E-state index is 0.590. The van der Waals surface area contributed by atoms with Crippen LogP contribution in [0.15, 0.2) is 0 Å². The molecule has 2 nitrogen and oxygen atoms in total. The molecule has 0 aromatic rings. The standard InChI is InChI=1S/C8H15NO/c1-9(6-7-10)5-4-8-2-3-8/h7-8H,2-6H2,1H3. The van der Waals surface area contributed by atoms with Gasteiger partial charge in [0.1, 0.15) is 6.29 Å². The molecule has 1 aliphatic carbocycles. The van der Waals surface area contributed by atoms with Crippen LogP contribution < -0.4 is 0 Å². The number of carbonyl (C=O) groups is 1. The molecule has 2 heteroatoms. The minimum Gasteiger partial charge on any atom is -0.302 e. The van der Waals surface area contributed by atoms with E-state index in [2.05, 4.69) is 4.90 Å². The van der Waals surface area contributed by atoms with E-state index in [9.17, 15) is 4.79 Å². The zero-order valence-electron chi connectivity index (χ0n) is 6.55. The summed E-state index contributed by atoms with van der Waals surface area (Å²) >= 11 is 0. The molecule has 0 saturated heterocycles. The number of nitrogens with zero attached hydrogens (tertiary/aromatic N) is 1. The van der Waals surface area contributed by atoms with Crippen LogP contribution in [-0.2, 0) is 4.79 Å². The predicted molar refractivity (Wildman–Crippen MR) is 40.9 cm³/mol. The SMILES string of the molecule is CN(CC=O)CCC1CC1. The predicted octanol–water partition coefficient (Wildman–Crippen LogP) is 0.917. The summed E-state index contributed by atoms with van der Waals surface area (Å²) in [5.41, 5.74) is 0. The summed E-state index contributed by atoms with van der Waals surface area (Å²) in [5, 5.41) is 0. The number of carbonyl (C=O) groups excluding carboxylic acids is 1. The molecule has 1 aliphatic rings. The van der Waals surface area contributed by atoms with E-state index >= 15 is 0 Å². The first-order chi connectivity index (χ1) is 4.83. The Hall–Kier alpha value is -0.370. The Bertz CT molecular complexity index is 110. The Morgan fingerprint density at radius 1 is 1.60 bits per heavy atom. The summed E-state index contributed by atoms with van der Waals surface area (Å²) in [6.45, 7) is 1.68. The number of hydrogen-bond donors (Lipinski definition) is 0. The molecule has 10 heavy (non-hydrogen) atoms. The molecule has 0 heterocycles. The molecule has 0 aromatic heterocycles. The molecule has 0 spiro atoms. The number of rotatable bonds is 5. The van der Waals surface area contributed by atoms with Crippen LogP contribution in [-0.4, -0.2) is 31.3 Å². The van der Waals surface area contributed by atoms with E-state index in [4.69, 9.17) is 0 Å². The third kappa shape index (κ3) is 2.97. The van der Waals surface area contributed by atoms with Crippen LogP contribution >= 0.6 is 0 Å². The third-order valence-electron chi connectivity index (χ3n) is 2.00. The first-order valence-corrected chi connectivity index (χ1v) is 3.95. The molecular weight excluding hydrogens is 126 g/mol. The molecule has 0 aromatic carbocycles. The molecule has 58 valence electrons. The lowest BCUT2D eigenvalue weighted by Gasteiger charge is -2.11. The highest BCUT2D eigenvalue weighted by molar-refractivity contribution is 5.51. The van der Waals surface area contributed by atoms with Gasteiger partial charge in [-0.1, -0.05) is 12.8 Å². The Labute approximate surface area is 62.2 Å². The molecule has 0 radical (unpaired) electrons. The van der Waals surface area contributed by atoms with Gasteiger partial charge in [-0.05, 0) is 25.9 Å². The van der Waals surface area contributed by atoms with Crippen molar-refractivity contribution in [3.8, 4) is 0 Å². The maximum absolute atomic E-state index is 10.0. The Morgan fingerprint density at radius 2 is 2.30 bits per heavy atom. The molecule has 0 aliphatic heterocycles. The minimum atomic E-state index is 0.590. The maximum atomic E-state index is 10.0. The van der Waals surface area contributed by atoms with E-state index in [-0.39, 0.29) is 0 Å². The van der Waals surface area contributed by atoms with E-state index in [0.717, 1.165) is 18.7 Å². The van der Waals surface area contributed by atoms with Gasteiger partial charge in [0.25, 0.3) is 0 Å². The van der Waals surface area contributed by atoms with Crippen LogP contribution in [0.4, 0.5) is 0 Å². The zero-order chi connectivity index (χ0) is 7.40. The van der Waals surface area contributed by atoms with Crippen molar-refractivity contribution in [3.63, 3.8) is 0 Å². The van der Waals surface area contributed by atoms with Gasteiger partial charge in [-0.3, -0.25) is 4.90 Å². The number of likely N-dealkylation sites (N-methyl/N-ethyl adjacent to an activating group) is 1. The van der Waals surface area contributed by atoms with Crippen LogP contribution in [0.25, 0.3) is 0 Å². The van der Waals surface area contributed by atoms with Gasteiger partial charge in [0, 0.05) is 0 Å². The summed E-state index contributed by atoms with van der Waals surface area (Å²) in [4.78, 5) is 12.1. The highest BCUT2D eigenvalue weighted by atomic mass is 16.1. The van der Waals surface area contributed by atoms with Crippen LogP contribution in [0.3, 0.4) is 0 Å². The van der Waals surface area contributed by atoms with Crippen molar-refractivity contribution in [3.05, 3.63) is 0 Å². The van der Waals surface area contributed by atoms with Gasteiger partial charge in [-0.25, -0.2) is 0 Å².